The summed E-state index contributed by atoms with van der Waals surface area (Å²) in [6.07, 6.45) is 2.64. The van der Waals surface area contributed by atoms with E-state index in [4.69, 9.17) is 23.2 Å². The number of hydrogen-bond acceptors (Lipinski definition) is 4. The van der Waals surface area contributed by atoms with E-state index in [-0.39, 0.29) is 37.7 Å². The van der Waals surface area contributed by atoms with Crippen LogP contribution in [0.3, 0.4) is 0 Å². The zero-order chi connectivity index (χ0) is 30.0. The van der Waals surface area contributed by atoms with Crippen LogP contribution >= 0.6 is 23.2 Å². The summed E-state index contributed by atoms with van der Waals surface area (Å²) in [5.74, 6) is -0.531. The van der Waals surface area contributed by atoms with Gasteiger partial charge in [0.25, 0.3) is 0 Å². The highest BCUT2D eigenvalue weighted by Crippen LogP contribution is 2.25. The van der Waals surface area contributed by atoms with Crippen molar-refractivity contribution in [3.8, 4) is 0 Å². The summed E-state index contributed by atoms with van der Waals surface area (Å²) in [6.45, 7) is 4.54. The molecule has 0 radical (unpaired) electrons. The lowest BCUT2D eigenvalue weighted by Crippen LogP contribution is -2.50. The molecule has 10 heteroatoms. The molecule has 0 saturated heterocycles. The third-order valence-corrected chi connectivity index (χ3v) is 8.68. The van der Waals surface area contributed by atoms with Crippen molar-refractivity contribution in [2.45, 2.75) is 52.1 Å². The number of carbonyl (C=O) groups excluding carboxylic acids is 2. The Morgan fingerprint density at radius 1 is 0.878 bits per heavy atom. The van der Waals surface area contributed by atoms with E-state index >= 15 is 0 Å². The molecule has 1 N–H and O–H groups in total. The van der Waals surface area contributed by atoms with Crippen LogP contribution in [-0.2, 0) is 39.0 Å². The molecule has 0 saturated carbocycles. The minimum atomic E-state index is -3.57. The van der Waals surface area contributed by atoms with Gasteiger partial charge in [0.05, 0.1) is 22.0 Å². The van der Waals surface area contributed by atoms with Crippen LogP contribution < -0.4 is 9.62 Å². The SMILES string of the molecule is CCNC(=O)C(Cc1ccccc1)N(Cc1ccc(Cl)c(Cl)c1)C(=O)CCCN(c1ccc(CC)cc1)S(C)(=O)=O. The molecule has 3 rings (SSSR count). The number of likely N-dealkylation sites (N-methyl/N-ethyl adjacent to an activating group) is 1. The predicted molar refractivity (Wildman–Crippen MR) is 167 cm³/mol. The smallest absolute Gasteiger partial charge is 0.243 e. The first-order valence-corrected chi connectivity index (χ1v) is 16.3. The van der Waals surface area contributed by atoms with Gasteiger partial charge in [-0.3, -0.25) is 13.9 Å². The van der Waals surface area contributed by atoms with Crippen LogP contribution in [0.5, 0.6) is 0 Å². The number of nitrogens with zero attached hydrogens (tertiary/aromatic N) is 2. The maximum absolute atomic E-state index is 13.8. The van der Waals surface area contributed by atoms with Crippen molar-refractivity contribution in [1.82, 2.24) is 10.2 Å². The van der Waals surface area contributed by atoms with Gasteiger partial charge < -0.3 is 10.2 Å². The molecule has 0 aliphatic heterocycles. The summed E-state index contributed by atoms with van der Waals surface area (Å²) in [4.78, 5) is 28.7. The van der Waals surface area contributed by atoms with Crippen LogP contribution in [0.4, 0.5) is 5.69 Å². The lowest BCUT2D eigenvalue weighted by atomic mass is 10.0. The first-order valence-electron chi connectivity index (χ1n) is 13.6. The van der Waals surface area contributed by atoms with Gasteiger partial charge in [-0.2, -0.15) is 0 Å². The van der Waals surface area contributed by atoms with E-state index in [0.717, 1.165) is 29.4 Å². The van der Waals surface area contributed by atoms with Crippen LogP contribution in [0.1, 0.15) is 43.4 Å². The number of aryl methyl sites for hydroxylation is 1. The highest BCUT2D eigenvalue weighted by molar-refractivity contribution is 7.92. The lowest BCUT2D eigenvalue weighted by Gasteiger charge is -2.32. The first-order chi connectivity index (χ1) is 19.5. The van der Waals surface area contributed by atoms with E-state index in [1.165, 1.54) is 4.31 Å². The van der Waals surface area contributed by atoms with Crippen LogP contribution in [0.25, 0.3) is 0 Å². The normalized spacial score (nSPS) is 12.0. The van der Waals surface area contributed by atoms with Crippen molar-refractivity contribution < 1.29 is 18.0 Å². The van der Waals surface area contributed by atoms with E-state index in [1.54, 1.807) is 35.2 Å². The Morgan fingerprint density at radius 3 is 2.12 bits per heavy atom. The van der Waals surface area contributed by atoms with Crippen molar-refractivity contribution in [2.75, 3.05) is 23.7 Å². The van der Waals surface area contributed by atoms with E-state index in [1.807, 2.05) is 56.3 Å². The molecule has 1 atom stereocenters. The third kappa shape index (κ3) is 9.48. The van der Waals surface area contributed by atoms with E-state index in [0.29, 0.717) is 28.7 Å². The molecule has 0 spiro atoms. The molecule has 7 nitrogen and oxygen atoms in total. The molecule has 1 unspecified atom stereocenters. The van der Waals surface area contributed by atoms with Crippen molar-refractivity contribution in [3.63, 3.8) is 0 Å². The Hall–Kier alpha value is -3.07. The zero-order valence-electron chi connectivity index (χ0n) is 23.6. The lowest BCUT2D eigenvalue weighted by molar-refractivity contribution is -0.141. The summed E-state index contributed by atoms with van der Waals surface area (Å²) in [7, 11) is -3.57. The molecule has 0 heterocycles. The second-order valence-corrected chi connectivity index (χ2v) is 12.6. The van der Waals surface area contributed by atoms with Crippen molar-refractivity contribution >= 4 is 50.7 Å². The van der Waals surface area contributed by atoms with E-state index in [2.05, 4.69) is 5.32 Å². The van der Waals surface area contributed by atoms with E-state index < -0.39 is 16.1 Å². The van der Waals surface area contributed by atoms with Crippen molar-refractivity contribution in [2.24, 2.45) is 0 Å². The minimum absolute atomic E-state index is 0.0467. The predicted octanol–water partition coefficient (Wildman–Crippen LogP) is 5.88. The van der Waals surface area contributed by atoms with Gasteiger partial charge in [-0.1, -0.05) is 78.7 Å². The van der Waals surface area contributed by atoms with E-state index in [9.17, 15) is 18.0 Å². The molecule has 3 aromatic carbocycles. The standard InChI is InChI=1S/C31H37Cl2N3O4S/c1-4-23-13-16-26(17-14-23)36(41(3,39)40)19-9-12-30(37)35(22-25-15-18-27(32)28(33)20-25)29(31(38)34-5-2)21-24-10-7-6-8-11-24/h6-8,10-11,13-18,20,29H,4-5,9,12,19,21-22H2,1-3H3,(H,34,38). The molecular weight excluding hydrogens is 581 g/mol. The molecule has 220 valence electrons. The number of sulfonamides is 1. The quantitative estimate of drug-likeness (QED) is 0.245. The molecular formula is C31H37Cl2N3O4S. The Bertz CT molecular complexity index is 1420. The first kappa shape index (κ1) is 32.4. The summed E-state index contributed by atoms with van der Waals surface area (Å²) in [5, 5.41) is 3.61. The molecule has 2 amide bonds. The highest BCUT2D eigenvalue weighted by atomic mass is 35.5. The summed E-state index contributed by atoms with van der Waals surface area (Å²) in [5.41, 5.74) is 3.29. The number of hydrogen-bond donors (Lipinski definition) is 1. The van der Waals surface area contributed by atoms with Gasteiger partial charge in [0, 0.05) is 32.5 Å². The molecule has 0 aromatic heterocycles. The van der Waals surface area contributed by atoms with Crippen LogP contribution in [0.2, 0.25) is 10.0 Å². The fourth-order valence-electron chi connectivity index (χ4n) is 4.58. The van der Waals surface area contributed by atoms with Crippen LogP contribution in [0, 0.1) is 0 Å². The van der Waals surface area contributed by atoms with Gasteiger partial charge in [0.2, 0.25) is 21.8 Å². The topological polar surface area (TPSA) is 86.8 Å². The van der Waals surface area contributed by atoms with Gasteiger partial charge in [-0.25, -0.2) is 8.42 Å². The molecule has 41 heavy (non-hydrogen) atoms. The maximum atomic E-state index is 13.8. The zero-order valence-corrected chi connectivity index (χ0v) is 26.0. The van der Waals surface area contributed by atoms with Crippen molar-refractivity contribution in [1.29, 1.82) is 0 Å². The van der Waals surface area contributed by atoms with Crippen molar-refractivity contribution in [3.05, 3.63) is 99.5 Å². The average Bonchev–Trinajstić information content (AvgIpc) is 2.95. The number of rotatable bonds is 14. The van der Waals surface area contributed by atoms with Gasteiger partial charge in [-0.15, -0.1) is 0 Å². The summed E-state index contributed by atoms with van der Waals surface area (Å²) in [6, 6.07) is 21.2. The number of nitrogens with one attached hydrogen (secondary N) is 1. The molecule has 0 bridgehead atoms. The van der Waals surface area contributed by atoms with Gasteiger partial charge in [0.15, 0.2) is 0 Å². The number of carbonyl (C=O) groups is 2. The number of halogens is 2. The van der Waals surface area contributed by atoms with Gasteiger partial charge in [-0.05, 0) is 60.7 Å². The molecule has 0 aliphatic carbocycles. The maximum Gasteiger partial charge on any atom is 0.243 e. The molecule has 0 aliphatic rings. The number of benzene rings is 3. The van der Waals surface area contributed by atoms with Crippen LogP contribution in [0.15, 0.2) is 72.8 Å². The Morgan fingerprint density at radius 2 is 1.54 bits per heavy atom. The van der Waals surface area contributed by atoms with Crippen LogP contribution in [-0.4, -0.2) is 50.5 Å². The fourth-order valence-corrected chi connectivity index (χ4v) is 5.87. The monoisotopic (exact) mass is 617 g/mol. The summed E-state index contributed by atoms with van der Waals surface area (Å²) < 4.78 is 26.6. The number of anilines is 1. The largest absolute Gasteiger partial charge is 0.355 e. The highest BCUT2D eigenvalue weighted by Gasteiger charge is 2.30. The molecule has 0 fully saturated rings. The second kappa shape index (κ2) is 15.2. The molecule has 3 aromatic rings. The summed E-state index contributed by atoms with van der Waals surface area (Å²) >= 11 is 12.4. The second-order valence-electron chi connectivity index (χ2n) is 9.83. The third-order valence-electron chi connectivity index (χ3n) is 6.74. The number of amides is 2. The minimum Gasteiger partial charge on any atom is -0.355 e. The van der Waals surface area contributed by atoms with Gasteiger partial charge >= 0.3 is 0 Å². The fraction of sp³-hybridized carbons (Fsp3) is 0.355. The average molecular weight is 619 g/mol. The van der Waals surface area contributed by atoms with Gasteiger partial charge in [0.1, 0.15) is 6.04 Å². The Labute approximate surface area is 253 Å². The Kier molecular flexibility index (Phi) is 12.1. The Balaban J connectivity index is 1.87.